The Bertz CT molecular complexity index is 720. The molecule has 1 saturated heterocycles. The molecule has 1 fully saturated rings. The van der Waals surface area contributed by atoms with Crippen molar-refractivity contribution in [3.05, 3.63) is 29.5 Å². The van der Waals surface area contributed by atoms with Crippen LogP contribution in [0.4, 0.5) is 0 Å². The van der Waals surface area contributed by atoms with Crippen molar-refractivity contribution in [1.29, 1.82) is 0 Å². The molecule has 2 N–H and O–H groups in total. The number of nitrogens with one attached hydrogen (secondary N) is 1. The molecule has 0 aliphatic carbocycles. The molecule has 2 aliphatic rings. The lowest BCUT2D eigenvalue weighted by atomic mass is 9.77. The van der Waals surface area contributed by atoms with Crippen LogP contribution in [0.3, 0.4) is 0 Å². The molecule has 1 aromatic heterocycles. The van der Waals surface area contributed by atoms with Crippen LogP contribution in [0.2, 0.25) is 0 Å². The summed E-state index contributed by atoms with van der Waals surface area (Å²) in [5, 5.41) is 11.0. The first-order valence-corrected chi connectivity index (χ1v) is 9.28. The molecule has 4 nitrogen and oxygen atoms in total. The zero-order valence-corrected chi connectivity index (χ0v) is 14.7. The smallest absolute Gasteiger partial charge is 0.119 e. The molecule has 3 atom stereocenters. The van der Waals surface area contributed by atoms with E-state index in [0.717, 1.165) is 38.1 Å². The summed E-state index contributed by atoms with van der Waals surface area (Å²) in [6, 6.07) is 6.82. The van der Waals surface area contributed by atoms with Crippen molar-refractivity contribution in [3.8, 4) is 5.75 Å². The van der Waals surface area contributed by atoms with Crippen molar-refractivity contribution in [2.75, 3.05) is 26.8 Å². The number of aliphatic hydroxyl groups is 1. The molecule has 0 saturated carbocycles. The molecule has 0 bridgehead atoms. The fourth-order valence-electron chi connectivity index (χ4n) is 4.83. The number of aliphatic hydroxyl groups excluding tert-OH is 1. The van der Waals surface area contributed by atoms with Crippen LogP contribution < -0.4 is 4.74 Å². The van der Waals surface area contributed by atoms with Crippen LogP contribution in [0.1, 0.15) is 43.5 Å². The van der Waals surface area contributed by atoms with Crippen LogP contribution in [-0.4, -0.2) is 41.8 Å². The van der Waals surface area contributed by atoms with E-state index in [1.807, 2.05) is 6.07 Å². The predicted octanol–water partition coefficient (Wildman–Crippen LogP) is 3.50. The van der Waals surface area contributed by atoms with Crippen LogP contribution >= 0.6 is 0 Å². The van der Waals surface area contributed by atoms with Gasteiger partial charge in [-0.1, -0.05) is 13.3 Å². The van der Waals surface area contributed by atoms with Crippen LogP contribution in [0.25, 0.3) is 10.9 Å². The Morgan fingerprint density at radius 2 is 2.25 bits per heavy atom. The number of aromatic nitrogens is 1. The highest BCUT2D eigenvalue weighted by molar-refractivity contribution is 5.86. The Kier molecular flexibility index (Phi) is 4.27. The van der Waals surface area contributed by atoms with E-state index in [2.05, 4.69) is 28.9 Å². The topological polar surface area (TPSA) is 48.5 Å². The monoisotopic (exact) mass is 328 g/mol. The number of methoxy groups -OCH3 is 1. The van der Waals surface area contributed by atoms with Crippen LogP contribution in [0.5, 0.6) is 5.75 Å². The number of benzene rings is 1. The van der Waals surface area contributed by atoms with Gasteiger partial charge in [-0.15, -0.1) is 0 Å². The molecular formula is C20H28N2O2. The van der Waals surface area contributed by atoms with Crippen molar-refractivity contribution >= 4 is 10.9 Å². The van der Waals surface area contributed by atoms with E-state index in [1.165, 1.54) is 28.6 Å². The Labute approximate surface area is 143 Å². The van der Waals surface area contributed by atoms with Gasteiger partial charge in [-0.2, -0.15) is 0 Å². The summed E-state index contributed by atoms with van der Waals surface area (Å²) in [6.45, 7) is 4.83. The summed E-state index contributed by atoms with van der Waals surface area (Å²) < 4.78 is 5.41. The van der Waals surface area contributed by atoms with E-state index in [9.17, 15) is 5.11 Å². The molecule has 1 aromatic carbocycles. The van der Waals surface area contributed by atoms with Gasteiger partial charge in [0.2, 0.25) is 0 Å². The maximum atomic E-state index is 9.71. The Morgan fingerprint density at radius 3 is 3.00 bits per heavy atom. The van der Waals surface area contributed by atoms with Crippen LogP contribution in [-0.2, 0) is 6.42 Å². The lowest BCUT2D eigenvalue weighted by molar-refractivity contribution is 0.0557. The largest absolute Gasteiger partial charge is 0.497 e. The fourth-order valence-corrected chi connectivity index (χ4v) is 4.83. The van der Waals surface area contributed by atoms with Crippen LogP contribution in [0, 0.1) is 11.8 Å². The molecule has 24 heavy (non-hydrogen) atoms. The average molecular weight is 328 g/mol. The van der Waals surface area contributed by atoms with Gasteiger partial charge in [-0.3, -0.25) is 4.90 Å². The SMILES string of the molecule is CCC(CO)[C@H]1CCN2CCc3c([nH]c4ccc(OC)cc34)[C@@H]2C1. The first kappa shape index (κ1) is 16.0. The maximum Gasteiger partial charge on any atom is 0.119 e. The second-order valence-electron chi connectivity index (χ2n) is 7.37. The van der Waals surface area contributed by atoms with Gasteiger partial charge in [0.25, 0.3) is 0 Å². The quantitative estimate of drug-likeness (QED) is 0.903. The first-order valence-electron chi connectivity index (χ1n) is 9.28. The Morgan fingerprint density at radius 1 is 1.38 bits per heavy atom. The van der Waals surface area contributed by atoms with Gasteiger partial charge < -0.3 is 14.8 Å². The molecule has 1 unspecified atom stereocenters. The summed E-state index contributed by atoms with van der Waals surface area (Å²) in [7, 11) is 1.73. The number of hydrogen-bond donors (Lipinski definition) is 2. The molecule has 2 aliphatic heterocycles. The number of nitrogens with zero attached hydrogens (tertiary/aromatic N) is 1. The Hall–Kier alpha value is -1.52. The van der Waals surface area contributed by atoms with Gasteiger partial charge in [-0.25, -0.2) is 0 Å². The van der Waals surface area contributed by atoms with Gasteiger partial charge in [0.05, 0.1) is 13.2 Å². The van der Waals surface area contributed by atoms with E-state index in [4.69, 9.17) is 4.74 Å². The number of hydrogen-bond acceptors (Lipinski definition) is 3. The van der Waals surface area contributed by atoms with Gasteiger partial charge in [0.15, 0.2) is 0 Å². The molecule has 4 rings (SSSR count). The second-order valence-corrected chi connectivity index (χ2v) is 7.37. The third-order valence-corrected chi connectivity index (χ3v) is 6.31. The molecule has 0 spiro atoms. The van der Waals surface area contributed by atoms with E-state index >= 15 is 0 Å². The third-order valence-electron chi connectivity index (χ3n) is 6.31. The van der Waals surface area contributed by atoms with Crippen molar-refractivity contribution in [1.82, 2.24) is 9.88 Å². The zero-order chi connectivity index (χ0) is 16.7. The number of aromatic amines is 1. The van der Waals surface area contributed by atoms with Gasteiger partial charge in [-0.05, 0) is 61.4 Å². The number of piperidine rings is 1. The highest BCUT2D eigenvalue weighted by atomic mass is 16.5. The van der Waals surface area contributed by atoms with Gasteiger partial charge in [0, 0.05) is 29.7 Å². The van der Waals surface area contributed by atoms with Crippen molar-refractivity contribution < 1.29 is 9.84 Å². The van der Waals surface area contributed by atoms with Crippen molar-refractivity contribution in [2.45, 2.75) is 38.6 Å². The second kappa shape index (κ2) is 6.41. The summed E-state index contributed by atoms with van der Waals surface area (Å²) >= 11 is 0. The molecule has 0 radical (unpaired) electrons. The highest BCUT2D eigenvalue weighted by Gasteiger charge is 2.37. The first-order chi connectivity index (χ1) is 11.7. The number of fused-ring (bicyclic) bond motifs is 5. The van der Waals surface area contributed by atoms with E-state index in [1.54, 1.807) is 7.11 Å². The molecular weight excluding hydrogens is 300 g/mol. The third kappa shape index (κ3) is 2.52. The normalized spacial score (nSPS) is 25.3. The van der Waals surface area contributed by atoms with Crippen molar-refractivity contribution in [3.63, 3.8) is 0 Å². The maximum absolute atomic E-state index is 9.71. The average Bonchev–Trinajstić information content (AvgIpc) is 3.01. The van der Waals surface area contributed by atoms with E-state index < -0.39 is 0 Å². The minimum absolute atomic E-state index is 0.324. The van der Waals surface area contributed by atoms with Gasteiger partial charge in [0.1, 0.15) is 5.75 Å². The van der Waals surface area contributed by atoms with Crippen LogP contribution in [0.15, 0.2) is 18.2 Å². The molecule has 0 amide bonds. The Balaban J connectivity index is 1.70. The predicted molar refractivity (Wildman–Crippen MR) is 96.5 cm³/mol. The number of H-pyrrole nitrogens is 1. The minimum Gasteiger partial charge on any atom is -0.497 e. The number of rotatable bonds is 4. The fraction of sp³-hybridized carbons (Fsp3) is 0.600. The molecule has 4 heteroatoms. The lowest BCUT2D eigenvalue weighted by Gasteiger charge is -2.44. The summed E-state index contributed by atoms with van der Waals surface area (Å²) in [5.41, 5.74) is 4.10. The lowest BCUT2D eigenvalue weighted by Crippen LogP contribution is -2.43. The van der Waals surface area contributed by atoms with E-state index in [-0.39, 0.29) is 0 Å². The molecule has 3 heterocycles. The standard InChI is InChI=1S/C20H28N2O2/c1-3-13(12-23)14-6-8-22-9-7-16-17-11-15(24-2)4-5-18(17)21-20(16)19(22)10-14/h4-5,11,13-14,19,21,23H,3,6-10,12H2,1-2H3/t13?,14-,19-/m0/s1. The molecule has 2 aromatic rings. The number of ether oxygens (including phenoxy) is 1. The van der Waals surface area contributed by atoms with Crippen molar-refractivity contribution in [2.24, 2.45) is 11.8 Å². The zero-order valence-electron chi connectivity index (χ0n) is 14.7. The highest BCUT2D eigenvalue weighted by Crippen LogP contribution is 2.43. The molecule has 130 valence electrons. The summed E-state index contributed by atoms with van der Waals surface area (Å²) in [4.78, 5) is 6.34. The summed E-state index contributed by atoms with van der Waals surface area (Å²) in [6.07, 6.45) is 4.57. The summed E-state index contributed by atoms with van der Waals surface area (Å²) in [5.74, 6) is 2.01. The minimum atomic E-state index is 0.324. The van der Waals surface area contributed by atoms with E-state index in [0.29, 0.717) is 24.5 Å². The van der Waals surface area contributed by atoms with Gasteiger partial charge >= 0.3 is 0 Å².